The van der Waals surface area contributed by atoms with E-state index in [2.05, 4.69) is 5.32 Å². The molecule has 1 N–H and O–H groups in total. The van der Waals surface area contributed by atoms with Crippen molar-refractivity contribution in [1.82, 2.24) is 9.62 Å². The molecule has 27 heavy (non-hydrogen) atoms. The summed E-state index contributed by atoms with van der Waals surface area (Å²) in [7, 11) is -2.23. The Kier molecular flexibility index (Phi) is 4.51. The van der Waals surface area contributed by atoms with Gasteiger partial charge in [0.15, 0.2) is 21.0 Å². The smallest absolute Gasteiger partial charge is 0.253 e. The number of nitrogens with one attached hydrogen (secondary N) is 1. The molecule has 2 atom stereocenters. The Morgan fingerprint density at radius 1 is 1.26 bits per heavy atom. The Bertz CT molecular complexity index is 934. The second-order valence-corrected chi connectivity index (χ2v) is 8.60. The lowest BCUT2D eigenvalue weighted by atomic mass is 10.1. The van der Waals surface area contributed by atoms with Gasteiger partial charge in [-0.05, 0) is 23.8 Å². The van der Waals surface area contributed by atoms with Crippen LogP contribution in [0.1, 0.15) is 22.3 Å². The van der Waals surface area contributed by atoms with E-state index in [4.69, 9.17) is 9.47 Å². The molecule has 7 nitrogen and oxygen atoms in total. The number of methoxy groups -OCH3 is 1. The second kappa shape index (κ2) is 6.72. The lowest BCUT2D eigenvalue weighted by Crippen LogP contribution is -2.52. The van der Waals surface area contributed by atoms with Crippen molar-refractivity contribution in [3.05, 3.63) is 59.7 Å². The SMILES string of the molecule is COc1cccc([S+](=O)([O-])N2CCC3(C2)NC(=O)c2ccccc2CO3)c1. The number of carbonyl (C=O) groups is 1. The maximum Gasteiger partial charge on any atom is 0.253 e. The normalized spacial score (nSPS) is 24.7. The summed E-state index contributed by atoms with van der Waals surface area (Å²) in [5, 5.41) is 2.89. The average molecular weight is 388 g/mol. The van der Waals surface area contributed by atoms with Crippen molar-refractivity contribution in [1.29, 1.82) is 0 Å². The first kappa shape index (κ1) is 18.1. The summed E-state index contributed by atoms with van der Waals surface area (Å²) < 4.78 is 38.5. The van der Waals surface area contributed by atoms with Crippen molar-refractivity contribution in [2.45, 2.75) is 23.6 Å². The van der Waals surface area contributed by atoms with Gasteiger partial charge in [0.2, 0.25) is 0 Å². The van der Waals surface area contributed by atoms with Gasteiger partial charge in [-0.25, -0.2) is 0 Å². The third-order valence-corrected chi connectivity index (χ3v) is 6.82. The van der Waals surface area contributed by atoms with Crippen LogP contribution in [0, 0.1) is 0 Å². The molecule has 8 heteroatoms. The number of rotatable bonds is 3. The highest BCUT2D eigenvalue weighted by Gasteiger charge is 2.49. The molecule has 1 fully saturated rings. The lowest BCUT2D eigenvalue weighted by Gasteiger charge is -2.29. The summed E-state index contributed by atoms with van der Waals surface area (Å²) in [5.74, 6) is 0.225. The highest BCUT2D eigenvalue weighted by Crippen LogP contribution is 2.34. The molecule has 2 unspecified atom stereocenters. The van der Waals surface area contributed by atoms with Crippen LogP contribution in [0.3, 0.4) is 0 Å². The van der Waals surface area contributed by atoms with Gasteiger partial charge in [0, 0.05) is 24.6 Å². The van der Waals surface area contributed by atoms with E-state index in [1.54, 1.807) is 24.3 Å². The fourth-order valence-electron chi connectivity index (χ4n) is 3.48. The van der Waals surface area contributed by atoms with Crippen molar-refractivity contribution >= 4 is 16.3 Å². The fraction of sp³-hybridized carbons (Fsp3) is 0.316. The number of hydrogen-bond donors (Lipinski definition) is 1. The molecule has 4 rings (SSSR count). The highest BCUT2D eigenvalue weighted by atomic mass is 32.3. The molecule has 1 amide bonds. The minimum absolute atomic E-state index is 0.0618. The average Bonchev–Trinajstić information content (AvgIpc) is 3.05. The predicted molar refractivity (Wildman–Crippen MR) is 97.7 cm³/mol. The molecule has 0 saturated carbocycles. The lowest BCUT2D eigenvalue weighted by molar-refractivity contribution is -0.0596. The number of sulfonamides is 1. The minimum atomic E-state index is -3.72. The maximum atomic E-state index is 13.0. The minimum Gasteiger partial charge on any atom is -0.593 e. The number of fused-ring (bicyclic) bond motifs is 1. The van der Waals surface area contributed by atoms with Gasteiger partial charge in [-0.2, -0.15) is 0 Å². The molecule has 0 bridgehead atoms. The van der Waals surface area contributed by atoms with E-state index >= 15 is 0 Å². The summed E-state index contributed by atoms with van der Waals surface area (Å²) in [5.41, 5.74) is 0.326. The summed E-state index contributed by atoms with van der Waals surface area (Å²) >= 11 is 0. The van der Waals surface area contributed by atoms with Gasteiger partial charge in [0.1, 0.15) is 5.75 Å². The van der Waals surface area contributed by atoms with Gasteiger partial charge in [-0.1, -0.05) is 28.5 Å². The third-order valence-electron chi connectivity index (χ3n) is 4.98. The van der Waals surface area contributed by atoms with Crippen LogP contribution >= 0.6 is 0 Å². The van der Waals surface area contributed by atoms with E-state index < -0.39 is 16.1 Å². The van der Waals surface area contributed by atoms with E-state index in [-0.39, 0.29) is 30.5 Å². The first-order chi connectivity index (χ1) is 12.9. The summed E-state index contributed by atoms with van der Waals surface area (Å²) in [6, 6.07) is 13.6. The zero-order valence-corrected chi connectivity index (χ0v) is 15.7. The number of carbonyl (C=O) groups excluding carboxylic acids is 1. The van der Waals surface area contributed by atoms with Crippen LogP contribution in [0.2, 0.25) is 0 Å². The predicted octanol–water partition coefficient (Wildman–Crippen LogP) is 1.96. The molecule has 1 spiro atoms. The van der Waals surface area contributed by atoms with Gasteiger partial charge in [0.25, 0.3) is 5.91 Å². The van der Waals surface area contributed by atoms with E-state index in [0.29, 0.717) is 17.7 Å². The molecule has 0 aliphatic carbocycles. The Hall–Kier alpha value is -2.26. The van der Waals surface area contributed by atoms with Crippen molar-refractivity contribution in [3.63, 3.8) is 0 Å². The van der Waals surface area contributed by atoms with Crippen LogP contribution in [0.5, 0.6) is 5.75 Å². The Balaban J connectivity index is 1.58. The molecule has 2 aromatic rings. The van der Waals surface area contributed by atoms with Gasteiger partial charge < -0.3 is 19.3 Å². The quantitative estimate of drug-likeness (QED) is 0.812. The second-order valence-electron chi connectivity index (χ2n) is 6.66. The van der Waals surface area contributed by atoms with E-state index in [0.717, 1.165) is 5.56 Å². The number of amides is 1. The van der Waals surface area contributed by atoms with Crippen LogP contribution in [-0.2, 0) is 26.0 Å². The molecule has 142 valence electrons. The van der Waals surface area contributed by atoms with Crippen LogP contribution in [0.15, 0.2) is 53.4 Å². The molecule has 0 aromatic heterocycles. The molecule has 2 aromatic carbocycles. The summed E-state index contributed by atoms with van der Waals surface area (Å²) in [6.07, 6.45) is 0.385. The number of ether oxygens (including phenoxy) is 2. The molecular weight excluding hydrogens is 368 g/mol. The zero-order valence-electron chi connectivity index (χ0n) is 14.8. The number of benzene rings is 2. The van der Waals surface area contributed by atoms with E-state index in [1.165, 1.54) is 23.5 Å². The van der Waals surface area contributed by atoms with Crippen LogP contribution in [0.25, 0.3) is 0 Å². The maximum absolute atomic E-state index is 13.0. The Labute approximate surface area is 158 Å². The molecular formula is C19H20N2O5S. The largest absolute Gasteiger partial charge is 0.593 e. The molecule has 2 aliphatic heterocycles. The first-order valence-electron chi connectivity index (χ1n) is 8.62. The highest BCUT2D eigenvalue weighted by molar-refractivity contribution is 7.95. The van der Waals surface area contributed by atoms with E-state index in [1.807, 2.05) is 12.1 Å². The molecule has 0 radical (unpaired) electrons. The van der Waals surface area contributed by atoms with E-state index in [9.17, 15) is 13.6 Å². The number of hydrogen-bond acceptors (Lipinski definition) is 5. The fourth-order valence-corrected chi connectivity index (χ4v) is 5.00. The van der Waals surface area contributed by atoms with Gasteiger partial charge >= 0.3 is 0 Å². The Morgan fingerprint density at radius 3 is 2.89 bits per heavy atom. The summed E-state index contributed by atoms with van der Waals surface area (Å²) in [6.45, 7) is 0.574. The zero-order chi connectivity index (χ0) is 19.1. The van der Waals surface area contributed by atoms with Gasteiger partial charge in [0.05, 0.1) is 20.3 Å². The van der Waals surface area contributed by atoms with Crippen molar-refractivity contribution in [2.24, 2.45) is 0 Å². The number of nitrogens with zero attached hydrogens (tertiary/aromatic N) is 1. The van der Waals surface area contributed by atoms with Crippen LogP contribution < -0.4 is 10.1 Å². The van der Waals surface area contributed by atoms with Gasteiger partial charge in [-0.15, -0.1) is 4.31 Å². The molecule has 1 saturated heterocycles. The molecule has 2 aliphatic rings. The van der Waals surface area contributed by atoms with Crippen molar-refractivity contribution in [2.75, 3.05) is 20.2 Å². The van der Waals surface area contributed by atoms with Crippen LogP contribution in [-0.4, -0.2) is 40.7 Å². The Morgan fingerprint density at radius 2 is 2.07 bits per heavy atom. The van der Waals surface area contributed by atoms with Gasteiger partial charge in [-0.3, -0.25) is 4.79 Å². The monoisotopic (exact) mass is 388 g/mol. The third kappa shape index (κ3) is 3.25. The van der Waals surface area contributed by atoms with Crippen molar-refractivity contribution < 1.29 is 23.0 Å². The van der Waals surface area contributed by atoms with Crippen molar-refractivity contribution in [3.8, 4) is 5.75 Å². The topological polar surface area (TPSA) is 90.9 Å². The molecule has 2 heterocycles. The van der Waals surface area contributed by atoms with Crippen LogP contribution in [0.4, 0.5) is 0 Å². The summed E-state index contributed by atoms with van der Waals surface area (Å²) in [4.78, 5) is 12.8. The first-order valence-corrected chi connectivity index (χ1v) is 10.1. The standard InChI is InChI=1S/C19H20N2O5S/c1-25-15-6-4-7-16(11-15)27(23,24)21-10-9-19(13-21)20-18(22)17-8-3-2-5-14(17)12-26-19/h2-8,11H,9-10,12-13H2,1H3,(H-,20,22,23,24).